The molecule has 124 valence electrons. The predicted molar refractivity (Wildman–Crippen MR) is 91.7 cm³/mol. The second-order valence-electron chi connectivity index (χ2n) is 5.83. The van der Waals surface area contributed by atoms with Crippen molar-refractivity contribution in [2.24, 2.45) is 5.92 Å². The lowest BCUT2D eigenvalue weighted by molar-refractivity contribution is -0.122. The van der Waals surface area contributed by atoms with Crippen LogP contribution in [0.1, 0.15) is 12.0 Å². The van der Waals surface area contributed by atoms with Gasteiger partial charge in [0.05, 0.1) is 22.3 Å². The highest BCUT2D eigenvalue weighted by Crippen LogP contribution is 2.29. The lowest BCUT2D eigenvalue weighted by Gasteiger charge is -2.17. The molecular formula is C18H16ClFN2O2. The molecule has 6 heteroatoms. The maximum atomic E-state index is 13.9. The monoisotopic (exact) mass is 346 g/mol. The van der Waals surface area contributed by atoms with Gasteiger partial charge in [-0.1, -0.05) is 29.8 Å². The van der Waals surface area contributed by atoms with Gasteiger partial charge in [0.15, 0.2) is 0 Å². The molecule has 2 aromatic carbocycles. The van der Waals surface area contributed by atoms with E-state index < -0.39 is 11.7 Å². The number of anilines is 2. The number of halogens is 2. The van der Waals surface area contributed by atoms with E-state index in [1.165, 1.54) is 17.0 Å². The molecule has 0 aromatic heterocycles. The minimum Gasteiger partial charge on any atom is -0.324 e. The van der Waals surface area contributed by atoms with Gasteiger partial charge in [-0.15, -0.1) is 0 Å². The van der Waals surface area contributed by atoms with Gasteiger partial charge in [-0.05, 0) is 36.8 Å². The van der Waals surface area contributed by atoms with Crippen LogP contribution in [0.15, 0.2) is 42.5 Å². The van der Waals surface area contributed by atoms with Gasteiger partial charge >= 0.3 is 0 Å². The third kappa shape index (κ3) is 3.26. The summed E-state index contributed by atoms with van der Waals surface area (Å²) in [6.45, 7) is 2.05. The number of nitrogens with one attached hydrogen (secondary N) is 1. The van der Waals surface area contributed by atoms with Crippen molar-refractivity contribution in [2.75, 3.05) is 16.8 Å². The van der Waals surface area contributed by atoms with Crippen molar-refractivity contribution in [3.05, 3.63) is 58.9 Å². The SMILES string of the molecule is Cc1ccc(NC(=O)[C@H]2CC(=O)N(c3ccccc3F)C2)c(Cl)c1. The summed E-state index contributed by atoms with van der Waals surface area (Å²) in [5.41, 5.74) is 1.69. The van der Waals surface area contributed by atoms with Crippen molar-refractivity contribution >= 4 is 34.8 Å². The van der Waals surface area contributed by atoms with Crippen LogP contribution in [0.3, 0.4) is 0 Å². The Hall–Kier alpha value is -2.40. The Morgan fingerprint density at radius 1 is 1.29 bits per heavy atom. The first kappa shape index (κ1) is 16.5. The molecular weight excluding hydrogens is 331 g/mol. The Bertz CT molecular complexity index is 809. The Morgan fingerprint density at radius 3 is 2.75 bits per heavy atom. The first-order valence-electron chi connectivity index (χ1n) is 7.57. The lowest BCUT2D eigenvalue weighted by atomic mass is 10.1. The van der Waals surface area contributed by atoms with E-state index in [9.17, 15) is 14.0 Å². The third-order valence-corrected chi connectivity index (χ3v) is 4.33. The molecule has 0 saturated carbocycles. The van der Waals surface area contributed by atoms with E-state index in [0.29, 0.717) is 10.7 Å². The van der Waals surface area contributed by atoms with Gasteiger partial charge in [-0.25, -0.2) is 4.39 Å². The fourth-order valence-corrected chi connectivity index (χ4v) is 3.03. The molecule has 24 heavy (non-hydrogen) atoms. The summed E-state index contributed by atoms with van der Waals surface area (Å²) in [6.07, 6.45) is 0.0453. The van der Waals surface area contributed by atoms with Crippen LogP contribution in [0, 0.1) is 18.7 Å². The predicted octanol–water partition coefficient (Wildman–Crippen LogP) is 3.78. The second-order valence-corrected chi connectivity index (χ2v) is 6.24. The van der Waals surface area contributed by atoms with Crippen molar-refractivity contribution in [2.45, 2.75) is 13.3 Å². The van der Waals surface area contributed by atoms with Crippen LogP contribution in [0.25, 0.3) is 0 Å². The number of carbonyl (C=O) groups is 2. The number of carbonyl (C=O) groups excluding carboxylic acids is 2. The number of aryl methyl sites for hydroxylation is 1. The maximum Gasteiger partial charge on any atom is 0.229 e. The number of hydrogen-bond donors (Lipinski definition) is 1. The van der Waals surface area contributed by atoms with Gasteiger partial charge in [0.1, 0.15) is 5.82 Å². The van der Waals surface area contributed by atoms with E-state index in [2.05, 4.69) is 5.32 Å². The Balaban J connectivity index is 1.73. The third-order valence-electron chi connectivity index (χ3n) is 4.02. The molecule has 4 nitrogen and oxygen atoms in total. The number of amides is 2. The normalized spacial score (nSPS) is 17.2. The molecule has 0 radical (unpaired) electrons. The summed E-state index contributed by atoms with van der Waals surface area (Å²) in [5, 5.41) is 3.19. The fraction of sp³-hybridized carbons (Fsp3) is 0.222. The van der Waals surface area contributed by atoms with Crippen molar-refractivity contribution in [3.8, 4) is 0 Å². The fourth-order valence-electron chi connectivity index (χ4n) is 2.74. The summed E-state index contributed by atoms with van der Waals surface area (Å²) in [6, 6.07) is 11.4. The molecule has 0 bridgehead atoms. The topological polar surface area (TPSA) is 49.4 Å². The minimum atomic E-state index is -0.547. The number of nitrogens with zero attached hydrogens (tertiary/aromatic N) is 1. The van der Waals surface area contributed by atoms with Crippen LogP contribution in [-0.2, 0) is 9.59 Å². The molecule has 1 atom stereocenters. The second kappa shape index (κ2) is 6.61. The molecule has 1 aliphatic rings. The summed E-state index contributed by atoms with van der Waals surface area (Å²) in [4.78, 5) is 25.9. The van der Waals surface area contributed by atoms with Crippen LogP contribution in [0.4, 0.5) is 15.8 Å². The zero-order valence-electron chi connectivity index (χ0n) is 13.1. The highest BCUT2D eigenvalue weighted by Gasteiger charge is 2.36. The van der Waals surface area contributed by atoms with E-state index in [1.54, 1.807) is 24.3 Å². The van der Waals surface area contributed by atoms with E-state index >= 15 is 0 Å². The van der Waals surface area contributed by atoms with Gasteiger partial charge in [0, 0.05) is 13.0 Å². The quantitative estimate of drug-likeness (QED) is 0.919. The molecule has 1 saturated heterocycles. The zero-order chi connectivity index (χ0) is 17.3. The summed E-state index contributed by atoms with van der Waals surface area (Å²) >= 11 is 6.11. The van der Waals surface area contributed by atoms with Crippen molar-refractivity contribution in [1.82, 2.24) is 0 Å². The Labute approximate surface area is 144 Å². The number of para-hydroxylation sites is 1. The Morgan fingerprint density at radius 2 is 2.04 bits per heavy atom. The first-order chi connectivity index (χ1) is 11.5. The van der Waals surface area contributed by atoms with Crippen LogP contribution in [0.5, 0.6) is 0 Å². The highest BCUT2D eigenvalue weighted by atomic mass is 35.5. The highest BCUT2D eigenvalue weighted by molar-refractivity contribution is 6.33. The lowest BCUT2D eigenvalue weighted by Crippen LogP contribution is -2.28. The zero-order valence-corrected chi connectivity index (χ0v) is 13.8. The van der Waals surface area contributed by atoms with E-state index in [-0.39, 0.29) is 30.5 Å². The van der Waals surface area contributed by atoms with Gasteiger partial charge in [-0.3, -0.25) is 9.59 Å². The smallest absolute Gasteiger partial charge is 0.229 e. The number of hydrogen-bond acceptors (Lipinski definition) is 2. The summed E-state index contributed by atoms with van der Waals surface area (Å²) in [5.74, 6) is -1.59. The molecule has 1 N–H and O–H groups in total. The number of benzene rings is 2. The molecule has 2 amide bonds. The van der Waals surface area contributed by atoms with Crippen LogP contribution >= 0.6 is 11.6 Å². The minimum absolute atomic E-state index is 0.0453. The molecule has 0 aliphatic carbocycles. The first-order valence-corrected chi connectivity index (χ1v) is 7.95. The van der Waals surface area contributed by atoms with Gasteiger partial charge < -0.3 is 10.2 Å². The van der Waals surface area contributed by atoms with E-state index in [1.807, 2.05) is 13.0 Å². The van der Waals surface area contributed by atoms with Crippen LogP contribution < -0.4 is 10.2 Å². The van der Waals surface area contributed by atoms with Crippen molar-refractivity contribution < 1.29 is 14.0 Å². The molecule has 1 fully saturated rings. The summed E-state index contributed by atoms with van der Waals surface area (Å²) < 4.78 is 13.9. The van der Waals surface area contributed by atoms with Crippen molar-refractivity contribution in [1.29, 1.82) is 0 Å². The average Bonchev–Trinajstić information content (AvgIpc) is 2.92. The maximum absolute atomic E-state index is 13.9. The van der Waals surface area contributed by atoms with Crippen LogP contribution in [-0.4, -0.2) is 18.4 Å². The van der Waals surface area contributed by atoms with Gasteiger partial charge in [0.2, 0.25) is 11.8 Å². The molecule has 0 spiro atoms. The number of rotatable bonds is 3. The van der Waals surface area contributed by atoms with E-state index in [0.717, 1.165) is 5.56 Å². The molecule has 3 rings (SSSR count). The molecule has 1 heterocycles. The largest absolute Gasteiger partial charge is 0.324 e. The Kier molecular flexibility index (Phi) is 4.53. The van der Waals surface area contributed by atoms with Crippen LogP contribution in [0.2, 0.25) is 5.02 Å². The molecule has 0 unspecified atom stereocenters. The standard InChI is InChI=1S/C18H16ClFN2O2/c1-11-6-7-15(13(19)8-11)21-18(24)12-9-17(23)22(10-12)16-5-3-2-4-14(16)20/h2-8,12H,9-10H2,1H3,(H,21,24)/t12-/m0/s1. The average molecular weight is 347 g/mol. The van der Waals surface area contributed by atoms with E-state index in [4.69, 9.17) is 11.6 Å². The molecule has 2 aromatic rings. The van der Waals surface area contributed by atoms with Crippen molar-refractivity contribution in [3.63, 3.8) is 0 Å². The van der Waals surface area contributed by atoms with Gasteiger partial charge in [0.25, 0.3) is 0 Å². The van der Waals surface area contributed by atoms with Gasteiger partial charge in [-0.2, -0.15) is 0 Å². The molecule has 1 aliphatic heterocycles. The summed E-state index contributed by atoms with van der Waals surface area (Å²) in [7, 11) is 0.